The number of carbonyl (C=O) groups is 1. The number of rotatable bonds is 8. The van der Waals surface area contributed by atoms with Gasteiger partial charge in [-0.3, -0.25) is 14.7 Å². The Kier molecular flexibility index (Phi) is 7.39. The fraction of sp³-hybridized carbons (Fsp3) is 0.471. The Morgan fingerprint density at radius 2 is 1.98 bits per heavy atom. The highest BCUT2D eigenvalue weighted by Crippen LogP contribution is 2.48. The molecule has 1 N–H and O–H groups in total. The fourth-order valence-corrected chi connectivity index (χ4v) is 6.83. The summed E-state index contributed by atoms with van der Waals surface area (Å²) in [6, 6.07) is 15.0. The molecule has 3 aromatic rings. The molecule has 1 saturated heterocycles. The molecule has 1 unspecified atom stereocenters. The van der Waals surface area contributed by atoms with E-state index in [1.807, 2.05) is 26.0 Å². The summed E-state index contributed by atoms with van der Waals surface area (Å²) in [6.45, 7) is 7.87. The van der Waals surface area contributed by atoms with E-state index in [4.69, 9.17) is 4.74 Å². The molecule has 2 fully saturated rings. The van der Waals surface area contributed by atoms with E-state index >= 15 is 0 Å². The summed E-state index contributed by atoms with van der Waals surface area (Å²) in [4.78, 5) is 18.5. The number of pyridine rings is 1. The highest BCUT2D eigenvalue weighted by molar-refractivity contribution is 5.71. The zero-order valence-corrected chi connectivity index (χ0v) is 23.7. The number of hydrogen-bond donors (Lipinski definition) is 1. The molecule has 4 atom stereocenters. The summed E-state index contributed by atoms with van der Waals surface area (Å²) < 4.78 is 21.5. The summed E-state index contributed by atoms with van der Waals surface area (Å²) in [5.74, 6) is -0.161. The molecule has 3 heterocycles. The Balaban J connectivity index is 1.34. The Hall–Kier alpha value is -3.25. The summed E-state index contributed by atoms with van der Waals surface area (Å²) >= 11 is 0. The second-order valence-electron chi connectivity index (χ2n) is 12.2. The Bertz CT molecular complexity index is 1420. The van der Waals surface area contributed by atoms with Crippen LogP contribution >= 0.6 is 0 Å². The molecule has 0 amide bonds. The lowest BCUT2D eigenvalue weighted by Crippen LogP contribution is -2.27. The molecule has 2 aliphatic heterocycles. The molecular weight excluding hydrogens is 503 g/mol. The van der Waals surface area contributed by atoms with E-state index in [0.717, 1.165) is 66.9 Å². The first-order valence-electron chi connectivity index (χ1n) is 14.8. The number of carboxylic acids is 1. The van der Waals surface area contributed by atoms with Crippen LogP contribution in [0.2, 0.25) is 0 Å². The van der Waals surface area contributed by atoms with Gasteiger partial charge in [0.1, 0.15) is 17.7 Å². The van der Waals surface area contributed by atoms with E-state index < -0.39 is 11.9 Å². The number of benzene rings is 2. The van der Waals surface area contributed by atoms with Crippen LogP contribution in [-0.2, 0) is 17.8 Å². The van der Waals surface area contributed by atoms with Gasteiger partial charge in [-0.25, -0.2) is 4.39 Å². The van der Waals surface area contributed by atoms with Crippen molar-refractivity contribution < 1.29 is 19.0 Å². The molecule has 0 spiro atoms. The molecule has 210 valence electrons. The number of likely N-dealkylation sites (tertiary alicyclic amines) is 1. The molecule has 1 aliphatic carbocycles. The van der Waals surface area contributed by atoms with E-state index in [9.17, 15) is 14.3 Å². The van der Waals surface area contributed by atoms with Gasteiger partial charge in [0.2, 0.25) is 0 Å². The fourth-order valence-electron chi connectivity index (χ4n) is 6.83. The summed E-state index contributed by atoms with van der Waals surface area (Å²) in [5.41, 5.74) is 6.82. The van der Waals surface area contributed by atoms with Crippen LogP contribution in [-0.4, -0.2) is 33.5 Å². The van der Waals surface area contributed by atoms with Crippen molar-refractivity contribution in [3.05, 3.63) is 82.4 Å². The summed E-state index contributed by atoms with van der Waals surface area (Å²) in [6.07, 6.45) is 7.54. The average molecular weight is 543 g/mol. The van der Waals surface area contributed by atoms with Crippen LogP contribution in [0.25, 0.3) is 11.1 Å². The van der Waals surface area contributed by atoms with E-state index in [-0.39, 0.29) is 17.8 Å². The first-order valence-corrected chi connectivity index (χ1v) is 14.8. The number of ether oxygens (including phenoxy) is 1. The molecule has 5 nitrogen and oxygen atoms in total. The molecular formula is C34H39FN2O3. The second-order valence-corrected chi connectivity index (χ2v) is 12.2. The Labute approximate surface area is 236 Å². The molecule has 0 bridgehead atoms. The maximum absolute atomic E-state index is 14.8. The van der Waals surface area contributed by atoms with Gasteiger partial charge in [0.25, 0.3) is 0 Å². The van der Waals surface area contributed by atoms with E-state index in [2.05, 4.69) is 47.1 Å². The minimum Gasteiger partial charge on any atom is -0.485 e. The zero-order chi connectivity index (χ0) is 28.0. The first-order chi connectivity index (χ1) is 19.3. The maximum Gasteiger partial charge on any atom is 0.306 e. The normalized spacial score (nSPS) is 22.4. The molecule has 3 aliphatic rings. The highest BCUT2D eigenvalue weighted by Gasteiger charge is 2.39. The van der Waals surface area contributed by atoms with Gasteiger partial charge in [-0.15, -0.1) is 0 Å². The minimum absolute atomic E-state index is 0.0111. The van der Waals surface area contributed by atoms with Gasteiger partial charge in [-0.2, -0.15) is 0 Å². The van der Waals surface area contributed by atoms with Crippen molar-refractivity contribution in [2.75, 3.05) is 6.54 Å². The van der Waals surface area contributed by atoms with E-state index in [1.54, 1.807) is 0 Å². The number of carboxylic acid groups (broad SMARTS) is 1. The summed E-state index contributed by atoms with van der Waals surface area (Å²) in [5, 5.41) is 9.76. The largest absolute Gasteiger partial charge is 0.485 e. The van der Waals surface area contributed by atoms with Crippen LogP contribution in [0.4, 0.5) is 4.39 Å². The van der Waals surface area contributed by atoms with Crippen molar-refractivity contribution in [3.63, 3.8) is 0 Å². The molecule has 1 aromatic heterocycles. The number of aryl methyl sites for hydroxylation is 2. The third-order valence-electron chi connectivity index (χ3n) is 9.34. The topological polar surface area (TPSA) is 62.7 Å². The number of fused-ring (bicyclic) bond motifs is 1. The molecule has 1 saturated carbocycles. The Morgan fingerprint density at radius 3 is 2.70 bits per heavy atom. The van der Waals surface area contributed by atoms with Gasteiger partial charge >= 0.3 is 5.97 Å². The molecule has 0 radical (unpaired) electrons. The van der Waals surface area contributed by atoms with Crippen LogP contribution in [0, 0.1) is 24.6 Å². The van der Waals surface area contributed by atoms with Crippen molar-refractivity contribution >= 4 is 5.97 Å². The first kappa shape index (κ1) is 26.9. The number of aliphatic carboxylic acids is 1. The lowest BCUT2D eigenvalue weighted by atomic mass is 9.82. The van der Waals surface area contributed by atoms with Crippen molar-refractivity contribution in [1.82, 2.24) is 9.88 Å². The monoisotopic (exact) mass is 542 g/mol. The lowest BCUT2D eigenvalue weighted by Gasteiger charge is -2.31. The maximum atomic E-state index is 14.8. The number of nitrogens with zero attached hydrogens (tertiary/aromatic N) is 2. The molecule has 2 aromatic carbocycles. The SMILES string of the molecule is Cc1cc(-c2ccc(C3CCc4ccc([C@H](C5CC5)[C@H](C)C(=O)O)cc4O3)c(CN3CCC[C@@H]3C)c2)c(F)cn1. The highest BCUT2D eigenvalue weighted by atomic mass is 19.1. The van der Waals surface area contributed by atoms with Crippen molar-refractivity contribution in [1.29, 1.82) is 0 Å². The molecule has 6 heteroatoms. The van der Waals surface area contributed by atoms with Crippen LogP contribution in [0.3, 0.4) is 0 Å². The Morgan fingerprint density at radius 1 is 1.15 bits per heavy atom. The van der Waals surface area contributed by atoms with Crippen molar-refractivity contribution in [2.45, 2.75) is 83.9 Å². The van der Waals surface area contributed by atoms with E-state index in [1.165, 1.54) is 30.2 Å². The van der Waals surface area contributed by atoms with Gasteiger partial charge in [-0.1, -0.05) is 31.2 Å². The minimum atomic E-state index is -0.741. The predicted octanol–water partition coefficient (Wildman–Crippen LogP) is 7.46. The van der Waals surface area contributed by atoms with Crippen LogP contribution in [0.1, 0.15) is 85.9 Å². The smallest absolute Gasteiger partial charge is 0.306 e. The number of halogens is 1. The molecule has 40 heavy (non-hydrogen) atoms. The number of hydrogen-bond acceptors (Lipinski definition) is 4. The van der Waals surface area contributed by atoms with E-state index in [0.29, 0.717) is 17.5 Å². The van der Waals surface area contributed by atoms with Crippen LogP contribution in [0.5, 0.6) is 5.75 Å². The quantitative estimate of drug-likeness (QED) is 0.320. The third-order valence-corrected chi connectivity index (χ3v) is 9.34. The lowest BCUT2D eigenvalue weighted by molar-refractivity contribution is -0.142. The van der Waals surface area contributed by atoms with Crippen molar-refractivity contribution in [2.24, 2.45) is 11.8 Å². The standard InChI is InChI=1S/C34H39FN2O3/c1-20-15-29(30(35)18-36-20)25-10-12-28(27(16-25)19-37-14-4-5-21(37)2)31-13-11-23-6-9-26(17-32(23)40-31)33(24-7-8-24)22(3)34(38)39/h6,9-10,12,15-18,21-22,24,31,33H,4-5,7-8,11,13-14,19H2,1-3H3,(H,38,39)/t21-,22-,31?,33-/m0/s1. The van der Waals surface area contributed by atoms with Gasteiger partial charge in [0.15, 0.2) is 0 Å². The van der Waals surface area contributed by atoms with Crippen LogP contribution < -0.4 is 4.74 Å². The van der Waals surface area contributed by atoms with Crippen LogP contribution in [0.15, 0.2) is 48.7 Å². The summed E-state index contributed by atoms with van der Waals surface area (Å²) in [7, 11) is 0. The molecule has 6 rings (SSSR count). The van der Waals surface area contributed by atoms with Gasteiger partial charge in [-0.05, 0) is 117 Å². The van der Waals surface area contributed by atoms with Crippen molar-refractivity contribution in [3.8, 4) is 16.9 Å². The predicted molar refractivity (Wildman–Crippen MR) is 154 cm³/mol. The van der Waals surface area contributed by atoms with Gasteiger partial charge in [0, 0.05) is 23.8 Å². The van der Waals surface area contributed by atoms with Gasteiger partial charge in [0.05, 0.1) is 12.1 Å². The average Bonchev–Trinajstić information content (AvgIpc) is 3.70. The zero-order valence-electron chi connectivity index (χ0n) is 23.7. The van der Waals surface area contributed by atoms with Gasteiger partial charge < -0.3 is 9.84 Å². The third kappa shape index (κ3) is 5.38. The number of aromatic nitrogens is 1. The second kappa shape index (κ2) is 11.0.